The Morgan fingerprint density at radius 1 is 1.47 bits per heavy atom. The molecule has 5 nitrogen and oxygen atoms in total. The lowest BCUT2D eigenvalue weighted by Gasteiger charge is -2.38. The van der Waals surface area contributed by atoms with Crippen LogP contribution in [0.3, 0.4) is 0 Å². The summed E-state index contributed by atoms with van der Waals surface area (Å²) in [5.41, 5.74) is -0.649. The minimum Gasteiger partial charge on any atom is -0.481 e. The van der Waals surface area contributed by atoms with Crippen molar-refractivity contribution in [1.29, 1.82) is 0 Å². The number of carbonyl (C=O) groups excluding carboxylic acids is 1. The van der Waals surface area contributed by atoms with Crippen LogP contribution in [0.1, 0.15) is 39.5 Å². The maximum atomic E-state index is 12.0. The molecule has 1 saturated heterocycles. The second kappa shape index (κ2) is 6.59. The molecule has 0 aromatic rings. The molecule has 0 saturated carbocycles. The van der Waals surface area contributed by atoms with Crippen LogP contribution in [0.4, 0.5) is 4.79 Å². The fraction of sp³-hybridized carbons (Fsp3) is 0.714. The lowest BCUT2D eigenvalue weighted by molar-refractivity contribution is -0.151. The number of rotatable bonds is 5. The van der Waals surface area contributed by atoms with E-state index in [-0.39, 0.29) is 12.1 Å². The summed E-state index contributed by atoms with van der Waals surface area (Å²) in [6, 6.07) is -0.0493. The summed E-state index contributed by atoms with van der Waals surface area (Å²) in [5, 5.41) is 12.2. The fourth-order valence-corrected chi connectivity index (χ4v) is 2.47. The molecule has 5 heteroatoms. The van der Waals surface area contributed by atoms with Crippen molar-refractivity contribution in [3.8, 4) is 0 Å². The normalized spacial score (nSPS) is 19.6. The molecule has 108 valence electrons. The fourth-order valence-electron chi connectivity index (χ4n) is 2.47. The molecule has 0 aliphatic carbocycles. The number of hydrogen-bond acceptors (Lipinski definition) is 2. The van der Waals surface area contributed by atoms with Crippen molar-refractivity contribution in [3.05, 3.63) is 12.7 Å². The Morgan fingerprint density at radius 2 is 2.05 bits per heavy atom. The summed E-state index contributed by atoms with van der Waals surface area (Å²) >= 11 is 0. The number of piperidine rings is 1. The second-order valence-corrected chi connectivity index (χ2v) is 5.30. The lowest BCUT2D eigenvalue weighted by Crippen LogP contribution is -2.50. The smallest absolute Gasteiger partial charge is 0.317 e. The number of nitrogens with zero attached hydrogens (tertiary/aromatic N) is 1. The Labute approximate surface area is 114 Å². The van der Waals surface area contributed by atoms with Gasteiger partial charge >= 0.3 is 12.0 Å². The van der Waals surface area contributed by atoms with Gasteiger partial charge in [0.1, 0.15) is 0 Å². The lowest BCUT2D eigenvalue weighted by atomic mass is 9.76. The van der Waals surface area contributed by atoms with E-state index in [4.69, 9.17) is 0 Å². The van der Waals surface area contributed by atoms with Gasteiger partial charge in [0.25, 0.3) is 0 Å². The standard InChI is InChI=1S/C14H24N2O3/c1-4-6-11(3)15-13(19)16-9-7-14(5-2,8-10-16)12(17)18/h4,11H,1,5-10H2,2-3H3,(H,15,19)(H,17,18). The molecule has 1 aliphatic heterocycles. The average molecular weight is 268 g/mol. The van der Waals surface area contributed by atoms with Crippen LogP contribution in [0.25, 0.3) is 0 Å². The SMILES string of the molecule is C=CCC(C)NC(=O)N1CCC(CC)(C(=O)O)CC1. The van der Waals surface area contributed by atoms with Crippen LogP contribution in [-0.2, 0) is 4.79 Å². The highest BCUT2D eigenvalue weighted by Crippen LogP contribution is 2.35. The Bertz CT molecular complexity index is 347. The van der Waals surface area contributed by atoms with Crippen LogP contribution < -0.4 is 5.32 Å². The van der Waals surface area contributed by atoms with Gasteiger partial charge in [-0.3, -0.25) is 4.79 Å². The highest BCUT2D eigenvalue weighted by Gasteiger charge is 2.40. The number of hydrogen-bond donors (Lipinski definition) is 2. The third-order valence-corrected chi connectivity index (χ3v) is 4.03. The molecular weight excluding hydrogens is 244 g/mol. The predicted octanol–water partition coefficient (Wildman–Crippen LogP) is 2.24. The minimum absolute atomic E-state index is 0.0577. The molecular formula is C14H24N2O3. The molecule has 0 aromatic carbocycles. The molecule has 1 heterocycles. The van der Waals surface area contributed by atoms with Crippen LogP contribution >= 0.6 is 0 Å². The van der Waals surface area contributed by atoms with E-state index in [1.54, 1.807) is 11.0 Å². The topological polar surface area (TPSA) is 69.6 Å². The van der Waals surface area contributed by atoms with Gasteiger partial charge in [0.2, 0.25) is 0 Å². The third kappa shape index (κ3) is 3.72. The van der Waals surface area contributed by atoms with Crippen LogP contribution in [0.5, 0.6) is 0 Å². The van der Waals surface area contributed by atoms with Gasteiger partial charge in [-0.25, -0.2) is 4.79 Å². The van der Waals surface area contributed by atoms with Crippen molar-refractivity contribution in [2.75, 3.05) is 13.1 Å². The summed E-state index contributed by atoms with van der Waals surface area (Å²) in [5.74, 6) is -0.741. The number of likely N-dealkylation sites (tertiary alicyclic amines) is 1. The first-order valence-electron chi connectivity index (χ1n) is 6.85. The first-order chi connectivity index (χ1) is 8.95. The summed E-state index contributed by atoms with van der Waals surface area (Å²) in [6.45, 7) is 8.48. The van der Waals surface area contributed by atoms with Gasteiger partial charge in [-0.05, 0) is 32.6 Å². The molecule has 1 rings (SSSR count). The van der Waals surface area contributed by atoms with E-state index >= 15 is 0 Å². The molecule has 2 N–H and O–H groups in total. The largest absolute Gasteiger partial charge is 0.481 e. The van der Waals surface area contributed by atoms with Gasteiger partial charge in [0, 0.05) is 19.1 Å². The quantitative estimate of drug-likeness (QED) is 0.751. The van der Waals surface area contributed by atoms with Gasteiger partial charge in [-0.2, -0.15) is 0 Å². The van der Waals surface area contributed by atoms with E-state index in [1.807, 2.05) is 13.8 Å². The van der Waals surface area contributed by atoms with Crippen molar-refractivity contribution in [2.24, 2.45) is 5.41 Å². The Kier molecular flexibility index (Phi) is 5.39. The monoisotopic (exact) mass is 268 g/mol. The molecule has 1 fully saturated rings. The Hall–Kier alpha value is -1.52. The van der Waals surface area contributed by atoms with Gasteiger partial charge < -0.3 is 15.3 Å². The van der Waals surface area contributed by atoms with Crippen molar-refractivity contribution in [3.63, 3.8) is 0 Å². The number of carboxylic acids is 1. The van der Waals surface area contributed by atoms with Crippen molar-refractivity contribution < 1.29 is 14.7 Å². The summed E-state index contributed by atoms with van der Waals surface area (Å²) in [7, 11) is 0. The third-order valence-electron chi connectivity index (χ3n) is 4.03. The molecule has 0 spiro atoms. The zero-order chi connectivity index (χ0) is 14.5. The van der Waals surface area contributed by atoms with E-state index in [0.717, 1.165) is 6.42 Å². The number of amides is 2. The summed E-state index contributed by atoms with van der Waals surface area (Å²) in [4.78, 5) is 25.0. The van der Waals surface area contributed by atoms with Gasteiger partial charge in [0.05, 0.1) is 5.41 Å². The van der Waals surface area contributed by atoms with Gasteiger partial charge in [-0.1, -0.05) is 13.0 Å². The molecule has 2 amide bonds. The predicted molar refractivity (Wildman–Crippen MR) is 74.0 cm³/mol. The number of carboxylic acid groups (broad SMARTS) is 1. The Balaban J connectivity index is 2.51. The average Bonchev–Trinajstić information content (AvgIpc) is 2.38. The number of carbonyl (C=O) groups is 2. The van der Waals surface area contributed by atoms with Gasteiger partial charge in [-0.15, -0.1) is 6.58 Å². The highest BCUT2D eigenvalue weighted by molar-refractivity contribution is 5.77. The molecule has 1 aliphatic rings. The summed E-state index contributed by atoms with van der Waals surface area (Å²) < 4.78 is 0. The molecule has 1 unspecified atom stereocenters. The van der Waals surface area contributed by atoms with Crippen molar-refractivity contribution in [2.45, 2.75) is 45.6 Å². The highest BCUT2D eigenvalue weighted by atomic mass is 16.4. The van der Waals surface area contributed by atoms with Crippen LogP contribution in [0.15, 0.2) is 12.7 Å². The zero-order valence-corrected chi connectivity index (χ0v) is 11.8. The molecule has 19 heavy (non-hydrogen) atoms. The van der Waals surface area contributed by atoms with Gasteiger partial charge in [0.15, 0.2) is 0 Å². The van der Waals surface area contributed by atoms with Crippen LogP contribution in [0, 0.1) is 5.41 Å². The van der Waals surface area contributed by atoms with E-state index in [0.29, 0.717) is 32.4 Å². The van der Waals surface area contributed by atoms with E-state index in [9.17, 15) is 14.7 Å². The molecule has 0 aromatic heterocycles. The van der Waals surface area contributed by atoms with Crippen LogP contribution in [-0.4, -0.2) is 41.1 Å². The van der Waals surface area contributed by atoms with Crippen LogP contribution in [0.2, 0.25) is 0 Å². The number of urea groups is 1. The first kappa shape index (κ1) is 15.5. The molecule has 0 radical (unpaired) electrons. The van der Waals surface area contributed by atoms with E-state index in [1.165, 1.54) is 0 Å². The van der Waals surface area contributed by atoms with E-state index in [2.05, 4.69) is 11.9 Å². The molecule has 1 atom stereocenters. The van der Waals surface area contributed by atoms with Crippen molar-refractivity contribution in [1.82, 2.24) is 10.2 Å². The summed E-state index contributed by atoms with van der Waals surface area (Å²) in [6.07, 6.45) is 4.18. The maximum absolute atomic E-state index is 12.0. The minimum atomic E-state index is -0.741. The zero-order valence-electron chi connectivity index (χ0n) is 11.8. The molecule has 0 bridgehead atoms. The first-order valence-corrected chi connectivity index (χ1v) is 6.85. The number of nitrogens with one attached hydrogen (secondary N) is 1. The second-order valence-electron chi connectivity index (χ2n) is 5.30. The maximum Gasteiger partial charge on any atom is 0.317 e. The Morgan fingerprint density at radius 3 is 2.47 bits per heavy atom. The van der Waals surface area contributed by atoms with E-state index < -0.39 is 11.4 Å². The number of aliphatic carboxylic acids is 1. The van der Waals surface area contributed by atoms with Crippen molar-refractivity contribution >= 4 is 12.0 Å².